The van der Waals surface area contributed by atoms with Crippen LogP contribution in [0.15, 0.2) is 47.3 Å². The molecule has 0 radical (unpaired) electrons. The molecule has 23 heavy (non-hydrogen) atoms. The largest absolute Gasteiger partial charge is 0.399 e. The summed E-state index contributed by atoms with van der Waals surface area (Å²) in [7, 11) is 0. The van der Waals surface area contributed by atoms with E-state index in [0.717, 1.165) is 29.7 Å². The zero-order valence-corrected chi connectivity index (χ0v) is 13.3. The second-order valence-electron chi connectivity index (χ2n) is 5.57. The number of aromatic nitrogens is 1. The summed E-state index contributed by atoms with van der Waals surface area (Å²) in [5.74, 6) is -0.397. The van der Waals surface area contributed by atoms with E-state index in [1.54, 1.807) is 36.4 Å². The lowest BCUT2D eigenvalue weighted by Gasteiger charge is -2.15. The van der Waals surface area contributed by atoms with E-state index < -0.39 is 5.82 Å². The molecule has 0 fully saturated rings. The molecule has 0 aliphatic carbocycles. The predicted octanol–water partition coefficient (Wildman–Crippen LogP) is 3.97. The number of benzene rings is 2. The Morgan fingerprint density at radius 2 is 1.78 bits per heavy atom. The Bertz CT molecular complexity index is 927. The van der Waals surface area contributed by atoms with Crippen molar-refractivity contribution in [1.82, 2.24) is 4.57 Å². The quantitative estimate of drug-likeness (QED) is 0.744. The molecule has 0 aliphatic rings. The fourth-order valence-corrected chi connectivity index (χ4v) is 2.99. The molecular weight excluding hydrogens is 291 g/mol. The first-order valence-corrected chi connectivity index (χ1v) is 7.77. The fraction of sp³-hybridized carbons (Fsp3) is 0.211. The van der Waals surface area contributed by atoms with Crippen LogP contribution in [0, 0.1) is 5.82 Å². The Balaban J connectivity index is 2.35. The molecule has 0 atom stereocenters. The topological polar surface area (TPSA) is 48.0 Å². The Kier molecular flexibility index (Phi) is 3.90. The maximum Gasteiger partial charge on any atom is 0.189 e. The van der Waals surface area contributed by atoms with Crippen LogP contribution in [0.2, 0.25) is 0 Å². The van der Waals surface area contributed by atoms with E-state index in [9.17, 15) is 9.18 Å². The first-order valence-electron chi connectivity index (χ1n) is 7.77. The van der Waals surface area contributed by atoms with Crippen LogP contribution in [0.1, 0.15) is 19.5 Å². The zero-order chi connectivity index (χ0) is 16.6. The van der Waals surface area contributed by atoms with Crippen LogP contribution < -0.4 is 11.2 Å². The van der Waals surface area contributed by atoms with E-state index in [-0.39, 0.29) is 5.43 Å². The van der Waals surface area contributed by atoms with Gasteiger partial charge in [-0.3, -0.25) is 4.79 Å². The SMILES string of the molecule is CCc1cc(=O)c2cc(F)c(-c3ccc(N)cc3)cc2n1CC. The van der Waals surface area contributed by atoms with E-state index in [0.29, 0.717) is 16.6 Å². The molecule has 0 bridgehead atoms. The maximum absolute atomic E-state index is 14.5. The number of fused-ring (bicyclic) bond motifs is 1. The number of nitrogen functional groups attached to an aromatic ring is 1. The van der Waals surface area contributed by atoms with Gasteiger partial charge in [-0.1, -0.05) is 19.1 Å². The lowest BCUT2D eigenvalue weighted by atomic mass is 10.0. The molecule has 2 N–H and O–H groups in total. The lowest BCUT2D eigenvalue weighted by Crippen LogP contribution is -2.13. The summed E-state index contributed by atoms with van der Waals surface area (Å²) in [4.78, 5) is 12.3. The molecule has 3 rings (SSSR count). The third-order valence-electron chi connectivity index (χ3n) is 4.19. The molecule has 0 saturated heterocycles. The molecule has 118 valence electrons. The number of aryl methyl sites for hydroxylation is 2. The molecule has 4 heteroatoms. The Morgan fingerprint density at radius 3 is 2.39 bits per heavy atom. The van der Waals surface area contributed by atoms with Crippen LogP contribution in [0.4, 0.5) is 10.1 Å². The number of hydrogen-bond donors (Lipinski definition) is 1. The van der Waals surface area contributed by atoms with Crippen molar-refractivity contribution in [3.63, 3.8) is 0 Å². The number of nitrogens with two attached hydrogens (primary N) is 1. The molecule has 2 aromatic carbocycles. The van der Waals surface area contributed by atoms with Gasteiger partial charge >= 0.3 is 0 Å². The van der Waals surface area contributed by atoms with Gasteiger partial charge in [0.15, 0.2) is 5.43 Å². The zero-order valence-electron chi connectivity index (χ0n) is 13.3. The van der Waals surface area contributed by atoms with Gasteiger partial charge in [-0.25, -0.2) is 4.39 Å². The standard InChI is InChI=1S/C19H19FN2O/c1-3-14-9-19(23)16-10-17(20)15(11-18(16)22(14)4-2)12-5-7-13(21)8-6-12/h5-11H,3-4,21H2,1-2H3. The van der Waals surface area contributed by atoms with Gasteiger partial charge in [-0.15, -0.1) is 0 Å². The van der Waals surface area contributed by atoms with Gasteiger partial charge < -0.3 is 10.3 Å². The van der Waals surface area contributed by atoms with Crippen LogP contribution in [-0.2, 0) is 13.0 Å². The molecule has 0 aliphatic heterocycles. The highest BCUT2D eigenvalue weighted by Gasteiger charge is 2.13. The van der Waals surface area contributed by atoms with Gasteiger partial charge in [0, 0.05) is 34.9 Å². The van der Waals surface area contributed by atoms with E-state index in [1.165, 1.54) is 6.07 Å². The van der Waals surface area contributed by atoms with Crippen LogP contribution in [0.3, 0.4) is 0 Å². The van der Waals surface area contributed by atoms with Crippen molar-refractivity contribution in [2.75, 3.05) is 5.73 Å². The number of nitrogens with zero attached hydrogens (tertiary/aromatic N) is 1. The summed E-state index contributed by atoms with van der Waals surface area (Å²) in [6, 6.07) is 11.8. The lowest BCUT2D eigenvalue weighted by molar-refractivity contribution is 0.632. The Labute approximate surface area is 134 Å². The van der Waals surface area contributed by atoms with Crippen LogP contribution in [0.5, 0.6) is 0 Å². The minimum Gasteiger partial charge on any atom is -0.399 e. The van der Waals surface area contributed by atoms with E-state index in [2.05, 4.69) is 4.57 Å². The normalized spacial score (nSPS) is 11.1. The molecule has 3 nitrogen and oxygen atoms in total. The number of pyridine rings is 1. The monoisotopic (exact) mass is 310 g/mol. The van der Waals surface area contributed by atoms with Gasteiger partial charge in [0.1, 0.15) is 5.82 Å². The van der Waals surface area contributed by atoms with E-state index in [1.807, 2.05) is 13.8 Å². The summed E-state index contributed by atoms with van der Waals surface area (Å²) in [6.07, 6.45) is 0.758. The average Bonchev–Trinajstić information content (AvgIpc) is 2.55. The molecular formula is C19H19FN2O. The number of anilines is 1. The maximum atomic E-state index is 14.5. The highest BCUT2D eigenvalue weighted by molar-refractivity contribution is 5.85. The molecule has 0 unspecified atom stereocenters. The van der Waals surface area contributed by atoms with Gasteiger partial charge in [0.05, 0.1) is 5.52 Å². The molecule has 0 amide bonds. The second-order valence-corrected chi connectivity index (χ2v) is 5.57. The number of rotatable bonds is 3. The van der Waals surface area contributed by atoms with Crippen molar-refractivity contribution < 1.29 is 4.39 Å². The Hall–Kier alpha value is -2.62. The molecule has 1 aromatic heterocycles. The molecule has 3 aromatic rings. The summed E-state index contributed by atoms with van der Waals surface area (Å²) in [5, 5.41) is 0.417. The molecule has 1 heterocycles. The van der Waals surface area contributed by atoms with Crippen molar-refractivity contribution in [1.29, 1.82) is 0 Å². The van der Waals surface area contributed by atoms with Gasteiger partial charge in [-0.05, 0) is 43.2 Å². The fourth-order valence-electron chi connectivity index (χ4n) is 2.99. The highest BCUT2D eigenvalue weighted by Crippen LogP contribution is 2.28. The summed E-state index contributed by atoms with van der Waals surface area (Å²) in [5.41, 5.74) is 9.15. The van der Waals surface area contributed by atoms with Crippen LogP contribution in [-0.4, -0.2) is 4.57 Å². The number of hydrogen-bond acceptors (Lipinski definition) is 2. The smallest absolute Gasteiger partial charge is 0.189 e. The minimum atomic E-state index is -0.397. The van der Waals surface area contributed by atoms with Gasteiger partial charge in [0.25, 0.3) is 0 Å². The van der Waals surface area contributed by atoms with Crippen molar-refractivity contribution in [3.05, 3.63) is 64.2 Å². The summed E-state index contributed by atoms with van der Waals surface area (Å²) < 4.78 is 16.6. The molecule has 0 saturated carbocycles. The Morgan fingerprint density at radius 1 is 1.09 bits per heavy atom. The first-order chi connectivity index (χ1) is 11.0. The third kappa shape index (κ3) is 2.61. The third-order valence-corrected chi connectivity index (χ3v) is 4.19. The van der Waals surface area contributed by atoms with Gasteiger partial charge in [0.2, 0.25) is 0 Å². The second kappa shape index (κ2) is 5.88. The summed E-state index contributed by atoms with van der Waals surface area (Å²) in [6.45, 7) is 4.76. The summed E-state index contributed by atoms with van der Waals surface area (Å²) >= 11 is 0. The van der Waals surface area contributed by atoms with Crippen molar-refractivity contribution in [2.24, 2.45) is 0 Å². The van der Waals surface area contributed by atoms with Crippen LogP contribution >= 0.6 is 0 Å². The van der Waals surface area contributed by atoms with E-state index >= 15 is 0 Å². The predicted molar refractivity (Wildman–Crippen MR) is 93.1 cm³/mol. The molecule has 0 spiro atoms. The average molecular weight is 310 g/mol. The van der Waals surface area contributed by atoms with Crippen molar-refractivity contribution >= 4 is 16.6 Å². The van der Waals surface area contributed by atoms with Crippen molar-refractivity contribution in [3.8, 4) is 11.1 Å². The minimum absolute atomic E-state index is 0.135. The highest BCUT2D eigenvalue weighted by atomic mass is 19.1. The van der Waals surface area contributed by atoms with E-state index in [4.69, 9.17) is 5.73 Å². The number of halogens is 1. The first kappa shape index (κ1) is 15.3. The van der Waals surface area contributed by atoms with Crippen LogP contribution in [0.25, 0.3) is 22.0 Å². The van der Waals surface area contributed by atoms with Gasteiger partial charge in [-0.2, -0.15) is 0 Å². The van der Waals surface area contributed by atoms with Crippen molar-refractivity contribution in [2.45, 2.75) is 26.8 Å².